The second-order valence-electron chi connectivity index (χ2n) is 4.20. The van der Waals surface area contributed by atoms with Crippen molar-refractivity contribution in [1.29, 1.82) is 0 Å². The highest BCUT2D eigenvalue weighted by Crippen LogP contribution is 2.25. The van der Waals surface area contributed by atoms with E-state index in [2.05, 4.69) is 37.7 Å². The van der Waals surface area contributed by atoms with Crippen molar-refractivity contribution in [3.63, 3.8) is 0 Å². The van der Waals surface area contributed by atoms with E-state index in [-0.39, 0.29) is 0 Å². The van der Waals surface area contributed by atoms with Crippen molar-refractivity contribution in [2.45, 2.75) is 34.6 Å². The summed E-state index contributed by atoms with van der Waals surface area (Å²) >= 11 is 0. The maximum atomic E-state index is 4.66. The van der Waals surface area contributed by atoms with Crippen molar-refractivity contribution in [2.24, 2.45) is 0 Å². The first-order valence-corrected chi connectivity index (χ1v) is 5.22. The molecule has 2 rings (SSSR count). The van der Waals surface area contributed by atoms with E-state index in [0.29, 0.717) is 0 Å². The van der Waals surface area contributed by atoms with Gasteiger partial charge in [-0.3, -0.25) is 9.97 Å². The van der Waals surface area contributed by atoms with Crippen LogP contribution in [0, 0.1) is 34.6 Å². The second-order valence-corrected chi connectivity index (χ2v) is 4.20. The molecular formula is C13H16N2. The lowest BCUT2D eigenvalue weighted by atomic mass is 10.0. The summed E-state index contributed by atoms with van der Waals surface area (Å²) in [6, 6.07) is 0. The van der Waals surface area contributed by atoms with Crippen LogP contribution in [0.3, 0.4) is 0 Å². The normalized spacial score (nSPS) is 11.0. The van der Waals surface area contributed by atoms with Gasteiger partial charge in [0.15, 0.2) is 0 Å². The third-order valence-electron chi connectivity index (χ3n) is 3.18. The summed E-state index contributed by atoms with van der Waals surface area (Å²) in [5.74, 6) is 0. The minimum absolute atomic E-state index is 1.07. The molecule has 0 fully saturated rings. The summed E-state index contributed by atoms with van der Waals surface area (Å²) in [6.45, 7) is 10.5. The Morgan fingerprint density at radius 2 is 1.53 bits per heavy atom. The van der Waals surface area contributed by atoms with Crippen LogP contribution >= 0.6 is 0 Å². The fourth-order valence-electron chi connectivity index (χ4n) is 1.99. The van der Waals surface area contributed by atoms with Gasteiger partial charge in [0.25, 0.3) is 0 Å². The molecule has 0 atom stereocenters. The molecule has 0 aliphatic rings. The van der Waals surface area contributed by atoms with Crippen LogP contribution in [0.4, 0.5) is 0 Å². The highest BCUT2D eigenvalue weighted by Gasteiger charge is 2.10. The lowest BCUT2D eigenvalue weighted by Gasteiger charge is -2.11. The number of hydrogen-bond donors (Lipinski definition) is 0. The van der Waals surface area contributed by atoms with Crippen LogP contribution in [0.2, 0.25) is 0 Å². The quantitative estimate of drug-likeness (QED) is 0.652. The number of aromatic nitrogens is 2. The first-order chi connectivity index (χ1) is 7.02. The Labute approximate surface area is 90.4 Å². The molecule has 2 heterocycles. The van der Waals surface area contributed by atoms with Crippen LogP contribution in [-0.2, 0) is 0 Å². The topological polar surface area (TPSA) is 25.8 Å². The molecule has 0 N–H and O–H groups in total. The Morgan fingerprint density at radius 3 is 2.20 bits per heavy atom. The number of aryl methyl sites for hydroxylation is 4. The minimum atomic E-state index is 1.07. The molecule has 0 radical (unpaired) electrons. The zero-order valence-electron chi connectivity index (χ0n) is 9.97. The maximum Gasteiger partial charge on any atom is 0.0770 e. The molecule has 0 saturated carbocycles. The Bertz CT molecular complexity index is 542. The third kappa shape index (κ3) is 1.41. The molecule has 2 aromatic rings. The first-order valence-electron chi connectivity index (χ1n) is 5.22. The van der Waals surface area contributed by atoms with Gasteiger partial charge in [-0.05, 0) is 51.3 Å². The first kappa shape index (κ1) is 10.1. The number of pyridine rings is 2. The van der Waals surface area contributed by atoms with Gasteiger partial charge in [0.2, 0.25) is 0 Å². The number of hydrogen-bond acceptors (Lipinski definition) is 2. The van der Waals surface area contributed by atoms with E-state index in [1.165, 1.54) is 16.5 Å². The lowest BCUT2D eigenvalue weighted by Crippen LogP contribution is -1.98. The van der Waals surface area contributed by atoms with E-state index in [1.54, 1.807) is 0 Å². The molecule has 15 heavy (non-hydrogen) atoms. The molecule has 0 unspecified atom stereocenters. The third-order valence-corrected chi connectivity index (χ3v) is 3.18. The van der Waals surface area contributed by atoms with Crippen molar-refractivity contribution in [2.75, 3.05) is 0 Å². The largest absolute Gasteiger partial charge is 0.261 e. The Hall–Kier alpha value is -1.44. The van der Waals surface area contributed by atoms with Gasteiger partial charge in [-0.25, -0.2) is 0 Å². The number of nitrogens with zero attached hydrogens (tertiary/aromatic N) is 2. The van der Waals surface area contributed by atoms with Gasteiger partial charge < -0.3 is 0 Å². The Balaban J connectivity index is 3.04. The van der Waals surface area contributed by atoms with E-state index in [0.717, 1.165) is 22.5 Å². The summed E-state index contributed by atoms with van der Waals surface area (Å²) in [5.41, 5.74) is 7.03. The van der Waals surface area contributed by atoms with E-state index in [1.807, 2.05) is 13.1 Å². The van der Waals surface area contributed by atoms with E-state index in [4.69, 9.17) is 0 Å². The average Bonchev–Trinajstić information content (AvgIpc) is 2.20. The summed E-state index contributed by atoms with van der Waals surface area (Å²) in [6.07, 6.45) is 1.90. The molecule has 0 aromatic carbocycles. The lowest BCUT2D eigenvalue weighted by molar-refractivity contribution is 1.12. The van der Waals surface area contributed by atoms with Gasteiger partial charge in [-0.2, -0.15) is 0 Å². The van der Waals surface area contributed by atoms with Crippen molar-refractivity contribution in [3.8, 4) is 0 Å². The zero-order chi connectivity index (χ0) is 11.2. The molecule has 0 bridgehead atoms. The molecule has 0 aliphatic heterocycles. The van der Waals surface area contributed by atoms with Gasteiger partial charge in [0.1, 0.15) is 0 Å². The zero-order valence-corrected chi connectivity index (χ0v) is 9.97. The SMILES string of the molecule is Cc1nc2c(C)cnc(C)c2c(C)c1C. The van der Waals surface area contributed by atoms with Crippen LogP contribution < -0.4 is 0 Å². The van der Waals surface area contributed by atoms with Crippen molar-refractivity contribution >= 4 is 10.9 Å². The monoisotopic (exact) mass is 200 g/mol. The van der Waals surface area contributed by atoms with Gasteiger partial charge in [-0.15, -0.1) is 0 Å². The van der Waals surface area contributed by atoms with Gasteiger partial charge in [0.05, 0.1) is 5.52 Å². The highest BCUT2D eigenvalue weighted by molar-refractivity contribution is 5.87. The Kier molecular flexibility index (Phi) is 2.22. The standard InChI is InChI=1S/C13H16N2/c1-7-6-14-11(5)12-9(3)8(2)10(4)15-13(7)12/h6H,1-5H3. The van der Waals surface area contributed by atoms with E-state index >= 15 is 0 Å². The van der Waals surface area contributed by atoms with Crippen molar-refractivity contribution in [1.82, 2.24) is 9.97 Å². The van der Waals surface area contributed by atoms with Gasteiger partial charge >= 0.3 is 0 Å². The van der Waals surface area contributed by atoms with E-state index < -0.39 is 0 Å². The highest BCUT2D eigenvalue weighted by atomic mass is 14.7. The molecule has 78 valence electrons. The summed E-state index contributed by atoms with van der Waals surface area (Å²) in [5, 5.41) is 1.22. The fraction of sp³-hybridized carbons (Fsp3) is 0.385. The second kappa shape index (κ2) is 3.30. The summed E-state index contributed by atoms with van der Waals surface area (Å²) in [7, 11) is 0. The van der Waals surface area contributed by atoms with Crippen molar-refractivity contribution in [3.05, 3.63) is 34.3 Å². The minimum Gasteiger partial charge on any atom is -0.261 e. The average molecular weight is 200 g/mol. The molecule has 2 nitrogen and oxygen atoms in total. The van der Waals surface area contributed by atoms with Crippen molar-refractivity contribution < 1.29 is 0 Å². The molecule has 2 aromatic heterocycles. The fourth-order valence-corrected chi connectivity index (χ4v) is 1.99. The van der Waals surface area contributed by atoms with Crippen LogP contribution in [0.25, 0.3) is 10.9 Å². The number of rotatable bonds is 0. The predicted octanol–water partition coefficient (Wildman–Crippen LogP) is 3.17. The maximum absolute atomic E-state index is 4.66. The molecule has 2 heteroatoms. The molecule has 0 saturated heterocycles. The molecule has 0 amide bonds. The van der Waals surface area contributed by atoms with Crippen LogP contribution in [-0.4, -0.2) is 9.97 Å². The molecule has 0 spiro atoms. The van der Waals surface area contributed by atoms with Crippen LogP contribution in [0.15, 0.2) is 6.20 Å². The summed E-state index contributed by atoms with van der Waals surface area (Å²) in [4.78, 5) is 9.05. The smallest absolute Gasteiger partial charge is 0.0770 e. The van der Waals surface area contributed by atoms with E-state index in [9.17, 15) is 0 Å². The Morgan fingerprint density at radius 1 is 0.867 bits per heavy atom. The molecule has 0 aliphatic carbocycles. The van der Waals surface area contributed by atoms with Crippen LogP contribution in [0.5, 0.6) is 0 Å². The molecular weight excluding hydrogens is 184 g/mol. The van der Waals surface area contributed by atoms with Gasteiger partial charge in [0, 0.05) is 23.0 Å². The van der Waals surface area contributed by atoms with Gasteiger partial charge in [-0.1, -0.05) is 0 Å². The number of fused-ring (bicyclic) bond motifs is 1. The predicted molar refractivity (Wildman–Crippen MR) is 63.2 cm³/mol. The summed E-state index contributed by atoms with van der Waals surface area (Å²) < 4.78 is 0. The van der Waals surface area contributed by atoms with Crippen LogP contribution in [0.1, 0.15) is 28.1 Å².